The molecule has 0 spiro atoms. The van der Waals surface area contributed by atoms with E-state index in [2.05, 4.69) is 52.9 Å². The third kappa shape index (κ3) is 3.24. The third-order valence-electron chi connectivity index (χ3n) is 7.59. The minimum absolute atomic E-state index is 0.288. The van der Waals surface area contributed by atoms with Crippen molar-refractivity contribution in [1.82, 2.24) is 15.6 Å². The van der Waals surface area contributed by atoms with E-state index in [1.807, 2.05) is 0 Å². The van der Waals surface area contributed by atoms with Crippen molar-refractivity contribution in [3.63, 3.8) is 0 Å². The highest BCUT2D eigenvalue weighted by atomic mass is 16.5. The minimum atomic E-state index is 0.288. The molecule has 6 rings (SSSR count). The molecule has 2 N–H and O–H groups in total. The molecule has 158 valence electrons. The number of hydrogen-bond donors (Lipinski definition) is 2. The molecule has 1 aromatic carbocycles. The molecular formula is C25H32N4O. The maximum absolute atomic E-state index is 6.00. The van der Waals surface area contributed by atoms with Crippen LogP contribution in [0.25, 0.3) is 0 Å². The normalized spacial score (nSPS) is 29.7. The largest absolute Gasteiger partial charge is 0.358 e. The lowest BCUT2D eigenvalue weighted by atomic mass is 9.89. The van der Waals surface area contributed by atoms with Crippen molar-refractivity contribution in [2.75, 3.05) is 25.1 Å². The number of ether oxygens (including phenoxy) is 1. The van der Waals surface area contributed by atoms with Gasteiger partial charge in [0.2, 0.25) is 0 Å². The van der Waals surface area contributed by atoms with Crippen molar-refractivity contribution >= 4 is 5.69 Å². The fourth-order valence-corrected chi connectivity index (χ4v) is 6.01. The van der Waals surface area contributed by atoms with Gasteiger partial charge in [0.05, 0.1) is 12.3 Å². The molecule has 4 heterocycles. The maximum atomic E-state index is 6.00. The molecule has 5 heteroatoms. The van der Waals surface area contributed by atoms with E-state index in [0.29, 0.717) is 18.0 Å². The highest BCUT2D eigenvalue weighted by Gasteiger charge is 2.40. The zero-order chi connectivity index (χ0) is 20.1. The van der Waals surface area contributed by atoms with Crippen molar-refractivity contribution in [1.29, 1.82) is 0 Å². The van der Waals surface area contributed by atoms with Crippen LogP contribution in [0.4, 0.5) is 5.69 Å². The van der Waals surface area contributed by atoms with Crippen molar-refractivity contribution in [2.24, 2.45) is 5.92 Å². The predicted octanol–water partition coefficient (Wildman–Crippen LogP) is 3.12. The van der Waals surface area contributed by atoms with Gasteiger partial charge in [-0.15, -0.1) is 0 Å². The van der Waals surface area contributed by atoms with Crippen molar-refractivity contribution in [2.45, 2.75) is 63.4 Å². The zero-order valence-corrected chi connectivity index (χ0v) is 17.9. The highest BCUT2D eigenvalue weighted by Crippen LogP contribution is 2.39. The Morgan fingerprint density at radius 2 is 2.20 bits per heavy atom. The smallest absolute Gasteiger partial charge is 0.130 e. The van der Waals surface area contributed by atoms with Crippen molar-refractivity contribution in [3.8, 4) is 0 Å². The summed E-state index contributed by atoms with van der Waals surface area (Å²) in [6.07, 6.45) is 7.14. The minimum Gasteiger partial charge on any atom is -0.358 e. The van der Waals surface area contributed by atoms with Crippen LogP contribution in [0.3, 0.4) is 0 Å². The molecule has 2 fully saturated rings. The second-order valence-electron chi connectivity index (χ2n) is 9.52. The fraction of sp³-hybridized carbons (Fsp3) is 0.560. The number of anilines is 1. The van der Waals surface area contributed by atoms with Crippen LogP contribution in [0.5, 0.6) is 0 Å². The molecule has 0 amide bonds. The molecule has 2 aromatic rings. The molecule has 1 aromatic heterocycles. The summed E-state index contributed by atoms with van der Waals surface area (Å²) in [5, 5.41) is 7.24. The average molecular weight is 405 g/mol. The second-order valence-corrected chi connectivity index (χ2v) is 9.52. The van der Waals surface area contributed by atoms with E-state index in [-0.39, 0.29) is 6.23 Å². The second kappa shape index (κ2) is 7.63. The summed E-state index contributed by atoms with van der Waals surface area (Å²) in [5.74, 6) is 0.711. The Morgan fingerprint density at radius 3 is 3.03 bits per heavy atom. The van der Waals surface area contributed by atoms with Crippen LogP contribution in [0.15, 0.2) is 30.3 Å². The lowest BCUT2D eigenvalue weighted by Gasteiger charge is -2.35. The monoisotopic (exact) mass is 404 g/mol. The van der Waals surface area contributed by atoms with Gasteiger partial charge >= 0.3 is 0 Å². The van der Waals surface area contributed by atoms with E-state index in [4.69, 9.17) is 9.72 Å². The Morgan fingerprint density at radius 1 is 1.23 bits per heavy atom. The Hall–Kier alpha value is -1.95. The average Bonchev–Trinajstić information content (AvgIpc) is 3.42. The number of nitrogens with zero attached hydrogens (tertiary/aromatic N) is 2. The molecule has 1 unspecified atom stereocenters. The van der Waals surface area contributed by atoms with Gasteiger partial charge < -0.3 is 20.3 Å². The van der Waals surface area contributed by atoms with Gasteiger partial charge in [0.15, 0.2) is 0 Å². The van der Waals surface area contributed by atoms with Gasteiger partial charge in [-0.3, -0.25) is 4.98 Å². The number of rotatable bonds is 4. The molecule has 0 radical (unpaired) electrons. The summed E-state index contributed by atoms with van der Waals surface area (Å²) in [6.45, 7) is 3.04. The van der Waals surface area contributed by atoms with Gasteiger partial charge in [-0.05, 0) is 68.0 Å². The van der Waals surface area contributed by atoms with Crippen LogP contribution in [0.1, 0.15) is 53.4 Å². The van der Waals surface area contributed by atoms with E-state index in [0.717, 1.165) is 32.5 Å². The number of fused-ring (bicyclic) bond motifs is 4. The quantitative estimate of drug-likeness (QED) is 0.820. The number of aryl methyl sites for hydroxylation is 1. The summed E-state index contributed by atoms with van der Waals surface area (Å²) in [4.78, 5) is 7.63. The molecule has 30 heavy (non-hydrogen) atoms. The van der Waals surface area contributed by atoms with E-state index < -0.39 is 0 Å². The SMILES string of the molecule is CNC1CCCc2ccc(C[C@H]3Cc4c(cccc4N4C[C@@H]5CO[C@H]4C5)CN3)nc21. The first-order chi connectivity index (χ1) is 14.8. The Bertz CT molecular complexity index is 945. The molecule has 1 aliphatic carbocycles. The summed E-state index contributed by atoms with van der Waals surface area (Å²) < 4.78 is 6.00. The van der Waals surface area contributed by atoms with Crippen LogP contribution < -0.4 is 15.5 Å². The lowest BCUT2D eigenvalue weighted by molar-refractivity contribution is 0.0858. The van der Waals surface area contributed by atoms with Crippen molar-refractivity contribution in [3.05, 3.63) is 58.4 Å². The summed E-state index contributed by atoms with van der Waals surface area (Å²) in [7, 11) is 2.06. The van der Waals surface area contributed by atoms with Crippen LogP contribution in [-0.2, 0) is 30.5 Å². The molecule has 2 saturated heterocycles. The molecule has 4 aliphatic rings. The van der Waals surface area contributed by atoms with Gasteiger partial charge in [0, 0.05) is 48.9 Å². The van der Waals surface area contributed by atoms with Crippen LogP contribution in [0.2, 0.25) is 0 Å². The Labute approximate surface area is 179 Å². The van der Waals surface area contributed by atoms with Crippen LogP contribution >= 0.6 is 0 Å². The molecule has 5 nitrogen and oxygen atoms in total. The molecule has 0 saturated carbocycles. The van der Waals surface area contributed by atoms with Gasteiger partial charge in [-0.2, -0.15) is 0 Å². The molecule has 4 atom stereocenters. The van der Waals surface area contributed by atoms with E-state index in [9.17, 15) is 0 Å². The number of pyridine rings is 1. The molecular weight excluding hydrogens is 372 g/mol. The zero-order valence-electron chi connectivity index (χ0n) is 17.9. The lowest BCUT2D eigenvalue weighted by Crippen LogP contribution is -2.40. The third-order valence-corrected chi connectivity index (χ3v) is 7.59. The highest BCUT2D eigenvalue weighted by molar-refractivity contribution is 5.59. The predicted molar refractivity (Wildman–Crippen MR) is 119 cm³/mol. The first-order valence-corrected chi connectivity index (χ1v) is 11.7. The van der Waals surface area contributed by atoms with Crippen LogP contribution in [0, 0.1) is 5.92 Å². The van der Waals surface area contributed by atoms with E-state index in [1.54, 1.807) is 0 Å². The Kier molecular flexibility index (Phi) is 4.78. The van der Waals surface area contributed by atoms with Gasteiger partial charge in [-0.25, -0.2) is 0 Å². The molecule has 3 aliphatic heterocycles. The van der Waals surface area contributed by atoms with Gasteiger partial charge in [-0.1, -0.05) is 18.2 Å². The fourth-order valence-electron chi connectivity index (χ4n) is 6.01. The first kappa shape index (κ1) is 18.8. The number of aromatic nitrogens is 1. The molecule has 2 bridgehead atoms. The first-order valence-electron chi connectivity index (χ1n) is 11.7. The number of benzene rings is 1. The van der Waals surface area contributed by atoms with Crippen LogP contribution in [-0.4, -0.2) is 37.5 Å². The summed E-state index contributed by atoms with van der Waals surface area (Å²) in [5.41, 5.74) is 8.29. The number of nitrogens with one attached hydrogen (secondary N) is 2. The van der Waals surface area contributed by atoms with E-state index >= 15 is 0 Å². The van der Waals surface area contributed by atoms with Gasteiger partial charge in [0.1, 0.15) is 6.23 Å². The standard InChI is InChI=1S/C25H32N4O/c1-26-22-6-2-4-17-8-9-19(28-25(17)22)11-20-12-21-18(13-27-20)5-3-7-23(21)29-14-16-10-24(29)30-15-16/h3,5,7-9,16,20,22,24,26-27H,2,4,6,10-15H2,1H3/t16-,20+,22?,24+/m1/s1. The number of hydrogen-bond acceptors (Lipinski definition) is 5. The van der Waals surface area contributed by atoms with Crippen molar-refractivity contribution < 1.29 is 4.74 Å². The Balaban J connectivity index is 1.23. The summed E-state index contributed by atoms with van der Waals surface area (Å²) >= 11 is 0. The topological polar surface area (TPSA) is 49.4 Å². The van der Waals surface area contributed by atoms with Gasteiger partial charge in [0.25, 0.3) is 0 Å². The van der Waals surface area contributed by atoms with E-state index in [1.165, 1.54) is 59.4 Å². The maximum Gasteiger partial charge on any atom is 0.130 e. The summed E-state index contributed by atoms with van der Waals surface area (Å²) in [6, 6.07) is 12.2.